The number of nitrogens with one attached hydrogen (secondary N) is 1. The second-order valence-electron chi connectivity index (χ2n) is 8.11. The van der Waals surface area contributed by atoms with Crippen molar-refractivity contribution in [1.29, 1.82) is 0 Å². The molecule has 0 atom stereocenters. The molecule has 1 N–H and O–H groups in total. The summed E-state index contributed by atoms with van der Waals surface area (Å²) in [6.07, 6.45) is 13.3. The van der Waals surface area contributed by atoms with Gasteiger partial charge in [0.25, 0.3) is 0 Å². The Morgan fingerprint density at radius 1 is 0.903 bits per heavy atom. The van der Waals surface area contributed by atoms with E-state index in [-0.39, 0.29) is 0 Å². The Hall–Kier alpha value is -3.57. The minimum atomic E-state index is 0.861. The maximum Gasteiger partial charge on any atom is 0.0973 e. The number of rotatable bonds is 2. The van der Waals surface area contributed by atoms with Crippen LogP contribution in [0, 0.1) is 6.92 Å². The van der Waals surface area contributed by atoms with Crippen LogP contribution in [0.15, 0.2) is 73.0 Å². The van der Waals surface area contributed by atoms with Gasteiger partial charge in [0.1, 0.15) is 0 Å². The summed E-state index contributed by atoms with van der Waals surface area (Å²) in [5.74, 6) is 0. The van der Waals surface area contributed by atoms with Gasteiger partial charge in [-0.1, -0.05) is 60.2 Å². The van der Waals surface area contributed by atoms with Gasteiger partial charge in [-0.15, -0.1) is 0 Å². The molecule has 0 aliphatic heterocycles. The molecule has 0 saturated heterocycles. The highest BCUT2D eigenvalue weighted by molar-refractivity contribution is 5.95. The third-order valence-corrected chi connectivity index (χ3v) is 4.80. The first-order chi connectivity index (χ1) is 15.0. The van der Waals surface area contributed by atoms with Crippen molar-refractivity contribution in [3.8, 4) is 11.3 Å². The molecule has 0 unspecified atom stereocenters. The van der Waals surface area contributed by atoms with E-state index in [2.05, 4.69) is 71.8 Å². The van der Waals surface area contributed by atoms with Crippen LogP contribution in [0.25, 0.3) is 38.8 Å². The summed E-state index contributed by atoms with van der Waals surface area (Å²) in [7, 11) is 6.00. The predicted molar refractivity (Wildman–Crippen MR) is 130 cm³/mol. The topological polar surface area (TPSA) is 57.7 Å². The SMILES string of the molecule is CN(C)C.Cc1ccc(-c2nc3cc4[nH]ncc4cc3nc2C2=CC=CCC=C2)cc1. The van der Waals surface area contributed by atoms with Gasteiger partial charge in [0.2, 0.25) is 0 Å². The van der Waals surface area contributed by atoms with Gasteiger partial charge in [0.05, 0.1) is 34.1 Å². The Balaban J connectivity index is 0.000000535. The van der Waals surface area contributed by atoms with Gasteiger partial charge in [0, 0.05) is 16.5 Å². The molecular weight excluding hydrogens is 382 g/mol. The second kappa shape index (κ2) is 9.06. The van der Waals surface area contributed by atoms with Crippen LogP contribution < -0.4 is 0 Å². The highest BCUT2D eigenvalue weighted by Crippen LogP contribution is 2.31. The summed E-state index contributed by atoms with van der Waals surface area (Å²) in [6.45, 7) is 2.09. The van der Waals surface area contributed by atoms with Crippen molar-refractivity contribution in [2.24, 2.45) is 0 Å². The van der Waals surface area contributed by atoms with E-state index in [0.717, 1.165) is 50.9 Å². The standard InChI is InChI=1S/C23H18N4.C3H9N/c1-15-8-10-17(11-9-15)23-22(16-6-4-2-3-5-7-16)25-20-12-18-14-24-27-19(18)13-21(20)26-23;1-4(2)3/h2,4-14H,3H2,1H3,(H,24,27);1-3H3. The van der Waals surface area contributed by atoms with Crippen LogP contribution >= 0.6 is 0 Å². The zero-order valence-electron chi connectivity index (χ0n) is 18.4. The first-order valence-electron chi connectivity index (χ1n) is 10.4. The van der Waals surface area contributed by atoms with Crippen molar-refractivity contribution >= 4 is 27.5 Å². The molecule has 5 heteroatoms. The van der Waals surface area contributed by atoms with Crippen LogP contribution in [0.5, 0.6) is 0 Å². The van der Waals surface area contributed by atoms with E-state index < -0.39 is 0 Å². The summed E-state index contributed by atoms with van der Waals surface area (Å²) in [5, 5.41) is 8.18. The quantitative estimate of drug-likeness (QED) is 0.471. The molecule has 2 heterocycles. The average Bonchev–Trinajstić information content (AvgIpc) is 3.02. The van der Waals surface area contributed by atoms with Crippen molar-refractivity contribution in [1.82, 2.24) is 25.1 Å². The molecule has 4 aromatic rings. The highest BCUT2D eigenvalue weighted by Gasteiger charge is 2.15. The number of fused-ring (bicyclic) bond motifs is 2. The van der Waals surface area contributed by atoms with Crippen molar-refractivity contribution in [2.75, 3.05) is 21.1 Å². The molecule has 0 radical (unpaired) electrons. The molecule has 2 aromatic heterocycles. The molecule has 156 valence electrons. The normalized spacial score (nSPS) is 13.3. The Kier molecular flexibility index (Phi) is 6.05. The van der Waals surface area contributed by atoms with Gasteiger partial charge in [-0.3, -0.25) is 5.10 Å². The van der Waals surface area contributed by atoms with Crippen molar-refractivity contribution in [3.05, 3.63) is 84.2 Å². The van der Waals surface area contributed by atoms with E-state index in [1.807, 2.05) is 44.4 Å². The first kappa shape index (κ1) is 20.7. The summed E-state index contributed by atoms with van der Waals surface area (Å²) < 4.78 is 0. The number of aromatic amines is 1. The minimum Gasteiger partial charge on any atom is -0.312 e. The summed E-state index contributed by atoms with van der Waals surface area (Å²) in [5.41, 5.74) is 7.86. The highest BCUT2D eigenvalue weighted by atomic mass is 15.1. The lowest BCUT2D eigenvalue weighted by Crippen LogP contribution is -1.99. The van der Waals surface area contributed by atoms with Gasteiger partial charge >= 0.3 is 0 Å². The molecule has 0 amide bonds. The van der Waals surface area contributed by atoms with Crippen LogP contribution in [0.1, 0.15) is 17.7 Å². The van der Waals surface area contributed by atoms with E-state index in [1.54, 1.807) is 0 Å². The molecule has 0 bridgehead atoms. The molecule has 5 nitrogen and oxygen atoms in total. The Bertz CT molecular complexity index is 1290. The Morgan fingerprint density at radius 2 is 1.61 bits per heavy atom. The fourth-order valence-corrected chi connectivity index (χ4v) is 3.35. The molecule has 1 aliphatic rings. The number of benzene rings is 2. The lowest BCUT2D eigenvalue weighted by molar-refractivity contribution is 0.505. The summed E-state index contributed by atoms with van der Waals surface area (Å²) in [4.78, 5) is 12.0. The molecule has 1 aliphatic carbocycles. The van der Waals surface area contributed by atoms with Gasteiger partial charge in [-0.2, -0.15) is 5.10 Å². The summed E-state index contributed by atoms with van der Waals surface area (Å²) in [6, 6.07) is 12.5. The summed E-state index contributed by atoms with van der Waals surface area (Å²) >= 11 is 0. The van der Waals surface area contributed by atoms with Gasteiger partial charge < -0.3 is 4.90 Å². The molecule has 0 spiro atoms. The lowest BCUT2D eigenvalue weighted by Gasteiger charge is -2.11. The van der Waals surface area contributed by atoms with Crippen molar-refractivity contribution in [3.63, 3.8) is 0 Å². The molecule has 5 rings (SSSR count). The molecular formula is C26H27N5. The fourth-order valence-electron chi connectivity index (χ4n) is 3.35. The predicted octanol–water partition coefficient (Wildman–Crippen LogP) is 5.56. The van der Waals surface area contributed by atoms with Crippen LogP contribution in [0.3, 0.4) is 0 Å². The molecule has 31 heavy (non-hydrogen) atoms. The second-order valence-corrected chi connectivity index (χ2v) is 8.11. The minimum absolute atomic E-state index is 0.861. The van der Waals surface area contributed by atoms with E-state index in [4.69, 9.17) is 9.97 Å². The van der Waals surface area contributed by atoms with Crippen LogP contribution in [-0.4, -0.2) is 46.2 Å². The van der Waals surface area contributed by atoms with Crippen LogP contribution in [0.2, 0.25) is 0 Å². The Labute approximate surface area is 182 Å². The van der Waals surface area contributed by atoms with E-state index in [0.29, 0.717) is 0 Å². The van der Waals surface area contributed by atoms with E-state index in [1.165, 1.54) is 5.56 Å². The van der Waals surface area contributed by atoms with E-state index in [9.17, 15) is 0 Å². The maximum absolute atomic E-state index is 5.01. The Morgan fingerprint density at radius 3 is 2.39 bits per heavy atom. The zero-order chi connectivity index (χ0) is 21.8. The number of hydrogen-bond acceptors (Lipinski definition) is 4. The van der Waals surface area contributed by atoms with Gasteiger partial charge in [-0.05, 0) is 46.6 Å². The van der Waals surface area contributed by atoms with Gasteiger partial charge in [0.15, 0.2) is 0 Å². The fraction of sp³-hybridized carbons (Fsp3) is 0.192. The maximum atomic E-state index is 5.01. The van der Waals surface area contributed by atoms with Gasteiger partial charge in [-0.25, -0.2) is 9.97 Å². The molecule has 2 aromatic carbocycles. The zero-order valence-corrected chi connectivity index (χ0v) is 18.4. The van der Waals surface area contributed by atoms with Crippen LogP contribution in [-0.2, 0) is 0 Å². The molecule has 0 saturated carbocycles. The van der Waals surface area contributed by atoms with Crippen LogP contribution in [0.4, 0.5) is 0 Å². The monoisotopic (exact) mass is 409 g/mol. The average molecular weight is 410 g/mol. The lowest BCUT2D eigenvalue weighted by atomic mass is 10.0. The molecule has 0 fully saturated rings. The number of allylic oxidation sites excluding steroid dienone is 6. The van der Waals surface area contributed by atoms with E-state index >= 15 is 0 Å². The third kappa shape index (κ3) is 4.78. The smallest absolute Gasteiger partial charge is 0.0973 e. The first-order valence-corrected chi connectivity index (χ1v) is 10.4. The number of aromatic nitrogens is 4. The number of hydrogen-bond donors (Lipinski definition) is 1. The number of nitrogens with zero attached hydrogens (tertiary/aromatic N) is 4. The third-order valence-electron chi connectivity index (χ3n) is 4.80. The number of aryl methyl sites for hydroxylation is 1. The van der Waals surface area contributed by atoms with Crippen molar-refractivity contribution in [2.45, 2.75) is 13.3 Å². The van der Waals surface area contributed by atoms with Crippen molar-refractivity contribution < 1.29 is 0 Å². The largest absolute Gasteiger partial charge is 0.312 e. The number of H-pyrrole nitrogens is 1.